The summed E-state index contributed by atoms with van der Waals surface area (Å²) in [6.07, 6.45) is 13.4. The van der Waals surface area contributed by atoms with Crippen molar-refractivity contribution in [2.24, 2.45) is 0 Å². The van der Waals surface area contributed by atoms with Crippen molar-refractivity contribution in [3.05, 3.63) is 11.3 Å². The van der Waals surface area contributed by atoms with Gasteiger partial charge in [0, 0.05) is 0 Å². The molecule has 1 aliphatic heterocycles. The SMILES string of the molecule is O=C(COC1CCCCCCCCCCC1)C1=C(O)CSC1=O. The van der Waals surface area contributed by atoms with Crippen LogP contribution in [0.5, 0.6) is 0 Å². The van der Waals surface area contributed by atoms with Gasteiger partial charge in [0.15, 0.2) is 5.78 Å². The Hall–Kier alpha value is -0.810. The third kappa shape index (κ3) is 6.30. The van der Waals surface area contributed by atoms with Crippen molar-refractivity contribution in [1.82, 2.24) is 0 Å². The number of aliphatic hydroxyl groups excluding tert-OH is 1. The van der Waals surface area contributed by atoms with E-state index < -0.39 is 0 Å². The molecule has 130 valence electrons. The molecule has 1 fully saturated rings. The maximum Gasteiger partial charge on any atom is 0.226 e. The number of aliphatic hydroxyl groups is 1. The Bertz CT molecular complexity index is 432. The van der Waals surface area contributed by atoms with Crippen molar-refractivity contribution in [2.75, 3.05) is 12.4 Å². The van der Waals surface area contributed by atoms with Gasteiger partial charge in [-0.25, -0.2) is 0 Å². The summed E-state index contributed by atoms with van der Waals surface area (Å²) >= 11 is 0.979. The fraction of sp³-hybridized carbons (Fsp3) is 0.778. The van der Waals surface area contributed by atoms with Gasteiger partial charge in [0.05, 0.1) is 11.9 Å². The lowest BCUT2D eigenvalue weighted by Gasteiger charge is -2.18. The first-order valence-electron chi connectivity index (χ1n) is 8.92. The lowest BCUT2D eigenvalue weighted by molar-refractivity contribution is -0.124. The molecule has 1 N–H and O–H groups in total. The lowest BCUT2D eigenvalue weighted by atomic mass is 9.99. The second-order valence-electron chi connectivity index (χ2n) is 6.51. The van der Waals surface area contributed by atoms with Gasteiger partial charge >= 0.3 is 0 Å². The minimum Gasteiger partial charge on any atom is -0.510 e. The average Bonchev–Trinajstić information content (AvgIpc) is 2.85. The third-order valence-corrected chi connectivity index (χ3v) is 5.50. The van der Waals surface area contributed by atoms with Crippen molar-refractivity contribution < 1.29 is 19.4 Å². The summed E-state index contributed by atoms with van der Waals surface area (Å²) in [4.78, 5) is 23.7. The first-order valence-corrected chi connectivity index (χ1v) is 9.91. The fourth-order valence-electron chi connectivity index (χ4n) is 3.23. The molecule has 0 spiro atoms. The van der Waals surface area contributed by atoms with E-state index in [2.05, 4.69) is 0 Å². The molecule has 0 aromatic rings. The van der Waals surface area contributed by atoms with E-state index in [0.717, 1.165) is 37.4 Å². The molecule has 0 aromatic carbocycles. The van der Waals surface area contributed by atoms with E-state index in [9.17, 15) is 14.7 Å². The zero-order valence-corrected chi connectivity index (χ0v) is 14.7. The van der Waals surface area contributed by atoms with Crippen molar-refractivity contribution in [2.45, 2.75) is 76.7 Å². The molecule has 1 saturated carbocycles. The largest absolute Gasteiger partial charge is 0.510 e. The smallest absolute Gasteiger partial charge is 0.226 e. The predicted molar refractivity (Wildman–Crippen MR) is 92.7 cm³/mol. The first kappa shape index (κ1) is 18.5. The molecule has 0 saturated heterocycles. The molecular formula is C18H28O4S. The van der Waals surface area contributed by atoms with Crippen LogP contribution >= 0.6 is 11.8 Å². The summed E-state index contributed by atoms with van der Waals surface area (Å²) in [5, 5.41) is 9.31. The Morgan fingerprint density at radius 2 is 1.52 bits per heavy atom. The summed E-state index contributed by atoms with van der Waals surface area (Å²) in [6, 6.07) is 0. The number of carbonyl (C=O) groups is 2. The molecule has 0 radical (unpaired) electrons. The zero-order valence-electron chi connectivity index (χ0n) is 13.8. The second-order valence-corrected chi connectivity index (χ2v) is 7.46. The number of ketones is 1. The van der Waals surface area contributed by atoms with E-state index in [1.165, 1.54) is 44.9 Å². The van der Waals surface area contributed by atoms with Gasteiger partial charge < -0.3 is 9.84 Å². The highest BCUT2D eigenvalue weighted by atomic mass is 32.2. The number of hydrogen-bond acceptors (Lipinski definition) is 5. The summed E-state index contributed by atoms with van der Waals surface area (Å²) in [5.41, 5.74) is -0.0526. The Labute approximate surface area is 143 Å². The molecule has 0 atom stereocenters. The van der Waals surface area contributed by atoms with Gasteiger partial charge in [-0.05, 0) is 12.8 Å². The van der Waals surface area contributed by atoms with Gasteiger partial charge in [-0.2, -0.15) is 0 Å². The Balaban J connectivity index is 1.80. The summed E-state index contributed by atoms with van der Waals surface area (Å²) < 4.78 is 5.80. The molecule has 1 heterocycles. The highest BCUT2D eigenvalue weighted by Crippen LogP contribution is 2.26. The van der Waals surface area contributed by atoms with E-state index in [4.69, 9.17) is 4.74 Å². The summed E-state index contributed by atoms with van der Waals surface area (Å²) in [6.45, 7) is -0.0869. The summed E-state index contributed by atoms with van der Waals surface area (Å²) in [5.74, 6) is -0.250. The minimum absolute atomic E-state index is 0.0526. The normalized spacial score (nSPS) is 22.7. The van der Waals surface area contributed by atoms with Crippen LogP contribution in [-0.2, 0) is 14.3 Å². The van der Waals surface area contributed by atoms with Crippen LogP contribution in [0.2, 0.25) is 0 Å². The van der Waals surface area contributed by atoms with Gasteiger partial charge in [-0.15, -0.1) is 0 Å². The first-order chi connectivity index (χ1) is 11.2. The number of ether oxygens (including phenoxy) is 1. The van der Waals surface area contributed by atoms with E-state index in [-0.39, 0.29) is 40.7 Å². The van der Waals surface area contributed by atoms with Gasteiger partial charge in [-0.3, -0.25) is 9.59 Å². The van der Waals surface area contributed by atoms with Crippen LogP contribution in [0.1, 0.15) is 70.6 Å². The minimum atomic E-state index is -0.372. The molecule has 1 aliphatic carbocycles. The van der Waals surface area contributed by atoms with Crippen LogP contribution in [0.4, 0.5) is 0 Å². The summed E-state index contributed by atoms with van der Waals surface area (Å²) in [7, 11) is 0. The zero-order chi connectivity index (χ0) is 16.5. The maximum absolute atomic E-state index is 12.1. The van der Waals surface area contributed by atoms with Crippen molar-refractivity contribution in [3.63, 3.8) is 0 Å². The standard InChI is InChI=1S/C18H28O4S/c19-15(17-16(20)13-23-18(17)21)12-22-14-10-8-6-4-2-1-3-5-7-9-11-14/h14,20H,1-13H2. The number of hydrogen-bond donors (Lipinski definition) is 1. The molecule has 0 unspecified atom stereocenters. The highest BCUT2D eigenvalue weighted by molar-refractivity contribution is 8.14. The van der Waals surface area contributed by atoms with E-state index in [0.29, 0.717) is 0 Å². The van der Waals surface area contributed by atoms with Gasteiger partial charge in [0.1, 0.15) is 17.9 Å². The molecule has 2 rings (SSSR count). The number of rotatable bonds is 4. The quantitative estimate of drug-likeness (QED) is 0.772. The molecule has 0 aromatic heterocycles. The van der Waals surface area contributed by atoms with E-state index >= 15 is 0 Å². The third-order valence-electron chi connectivity index (χ3n) is 4.61. The van der Waals surface area contributed by atoms with Gasteiger partial charge in [0.25, 0.3) is 0 Å². The average molecular weight is 340 g/mol. The molecule has 23 heavy (non-hydrogen) atoms. The van der Waals surface area contributed by atoms with E-state index in [1.54, 1.807) is 0 Å². The van der Waals surface area contributed by atoms with Crippen LogP contribution in [0, 0.1) is 0 Å². The van der Waals surface area contributed by atoms with Crippen LogP contribution in [0.15, 0.2) is 11.3 Å². The number of Topliss-reactive ketones (excluding diaryl/α,β-unsaturated/α-hetero) is 1. The topological polar surface area (TPSA) is 63.6 Å². The maximum atomic E-state index is 12.1. The molecule has 0 bridgehead atoms. The molecule has 4 nitrogen and oxygen atoms in total. The monoisotopic (exact) mass is 340 g/mol. The second kappa shape index (κ2) is 10.1. The Morgan fingerprint density at radius 3 is 2.00 bits per heavy atom. The van der Waals surface area contributed by atoms with Crippen LogP contribution in [-0.4, -0.2) is 34.5 Å². The van der Waals surface area contributed by atoms with Crippen molar-refractivity contribution >= 4 is 22.7 Å². The van der Waals surface area contributed by atoms with Crippen molar-refractivity contribution in [3.8, 4) is 0 Å². The van der Waals surface area contributed by atoms with Crippen molar-refractivity contribution in [1.29, 1.82) is 0 Å². The Kier molecular flexibility index (Phi) is 8.17. The van der Waals surface area contributed by atoms with Crippen LogP contribution in [0.3, 0.4) is 0 Å². The molecule has 2 aliphatic rings. The van der Waals surface area contributed by atoms with E-state index in [1.807, 2.05) is 0 Å². The van der Waals surface area contributed by atoms with Crippen LogP contribution in [0.25, 0.3) is 0 Å². The fourth-order valence-corrected chi connectivity index (χ4v) is 4.02. The lowest BCUT2D eigenvalue weighted by Crippen LogP contribution is -2.22. The molecule has 5 heteroatoms. The number of carbonyl (C=O) groups excluding carboxylic acids is 2. The Morgan fingerprint density at radius 1 is 1.00 bits per heavy atom. The molecule has 0 amide bonds. The highest BCUT2D eigenvalue weighted by Gasteiger charge is 2.29. The predicted octanol–water partition coefficient (Wildman–Crippen LogP) is 4.33. The molecular weight excluding hydrogens is 312 g/mol. The van der Waals surface area contributed by atoms with Crippen LogP contribution < -0.4 is 0 Å². The van der Waals surface area contributed by atoms with Gasteiger partial charge in [0.2, 0.25) is 5.12 Å². The number of thioether (sulfide) groups is 1. The van der Waals surface area contributed by atoms with Gasteiger partial charge in [-0.1, -0.05) is 69.5 Å².